The lowest BCUT2D eigenvalue weighted by atomic mass is 9.85. The highest BCUT2D eigenvalue weighted by atomic mass is 32.1. The summed E-state index contributed by atoms with van der Waals surface area (Å²) >= 11 is 1.48. The molecule has 2 heterocycles. The standard InChI is InChI=1S/C28H27N3O3S/c1-3-16-11-12-20-24(13-16)35-28(25(20)26(29)32)31-27(33)21-15-23(17-7-6-8-18(14-17)34-2)30-22-10-5-4-9-19(21)22/h4-10,14-16H,3,11-13H2,1-2H3,(H2,29,32)(H,31,33). The highest BCUT2D eigenvalue weighted by Gasteiger charge is 2.28. The summed E-state index contributed by atoms with van der Waals surface area (Å²) in [6.45, 7) is 2.19. The predicted molar refractivity (Wildman–Crippen MR) is 140 cm³/mol. The number of para-hydroxylation sites is 1. The minimum absolute atomic E-state index is 0.291. The van der Waals surface area contributed by atoms with Gasteiger partial charge in [-0.15, -0.1) is 11.3 Å². The van der Waals surface area contributed by atoms with Gasteiger partial charge in [0.05, 0.1) is 29.4 Å². The fourth-order valence-electron chi connectivity index (χ4n) is 4.82. The monoisotopic (exact) mass is 485 g/mol. The molecule has 0 saturated heterocycles. The van der Waals surface area contributed by atoms with Crippen molar-refractivity contribution in [1.82, 2.24) is 4.98 Å². The Kier molecular flexibility index (Phi) is 6.26. The molecule has 1 unspecified atom stereocenters. The molecule has 6 nitrogen and oxygen atoms in total. The summed E-state index contributed by atoms with van der Waals surface area (Å²) in [5.74, 6) is 0.523. The summed E-state index contributed by atoms with van der Waals surface area (Å²) in [5, 5.41) is 4.29. The molecular weight excluding hydrogens is 458 g/mol. The third-order valence-corrected chi connectivity index (χ3v) is 7.91. The number of hydrogen-bond acceptors (Lipinski definition) is 5. The second kappa shape index (κ2) is 9.50. The molecule has 0 bridgehead atoms. The van der Waals surface area contributed by atoms with Gasteiger partial charge in [0, 0.05) is 15.8 Å². The normalized spacial score (nSPS) is 15.0. The van der Waals surface area contributed by atoms with Crippen LogP contribution in [0.1, 0.15) is 50.9 Å². The first kappa shape index (κ1) is 23.1. The van der Waals surface area contributed by atoms with E-state index in [1.807, 2.05) is 48.5 Å². The van der Waals surface area contributed by atoms with E-state index in [1.165, 1.54) is 11.3 Å². The van der Waals surface area contributed by atoms with Crippen LogP contribution in [0.5, 0.6) is 5.75 Å². The van der Waals surface area contributed by atoms with E-state index in [0.29, 0.717) is 39.0 Å². The van der Waals surface area contributed by atoms with Crippen molar-refractivity contribution in [3.8, 4) is 17.0 Å². The number of carbonyl (C=O) groups excluding carboxylic acids is 2. The average molecular weight is 486 g/mol. The molecule has 4 aromatic rings. The van der Waals surface area contributed by atoms with Crippen molar-refractivity contribution >= 4 is 39.1 Å². The average Bonchev–Trinajstić information content (AvgIpc) is 3.25. The number of hydrogen-bond donors (Lipinski definition) is 2. The number of primary amides is 1. The Hall–Kier alpha value is -3.71. The van der Waals surface area contributed by atoms with E-state index in [-0.39, 0.29) is 5.91 Å². The Balaban J connectivity index is 1.57. The molecule has 0 spiro atoms. The number of ether oxygens (including phenoxy) is 1. The second-order valence-corrected chi connectivity index (χ2v) is 9.95. The van der Waals surface area contributed by atoms with Gasteiger partial charge in [0.15, 0.2) is 0 Å². The van der Waals surface area contributed by atoms with E-state index >= 15 is 0 Å². The number of anilines is 1. The Morgan fingerprint density at radius 1 is 1.17 bits per heavy atom. The van der Waals surface area contributed by atoms with Gasteiger partial charge in [-0.25, -0.2) is 4.98 Å². The lowest BCUT2D eigenvalue weighted by Crippen LogP contribution is -2.20. The molecule has 0 radical (unpaired) electrons. The maximum absolute atomic E-state index is 13.6. The fraction of sp³-hybridized carbons (Fsp3) is 0.250. The molecule has 0 saturated carbocycles. The molecule has 1 atom stereocenters. The summed E-state index contributed by atoms with van der Waals surface area (Å²) in [4.78, 5) is 32.0. The van der Waals surface area contributed by atoms with Crippen molar-refractivity contribution in [3.05, 3.63) is 76.2 Å². The first-order valence-corrected chi connectivity index (χ1v) is 12.6. The van der Waals surface area contributed by atoms with Gasteiger partial charge in [0.1, 0.15) is 10.8 Å². The van der Waals surface area contributed by atoms with Crippen molar-refractivity contribution in [2.45, 2.75) is 32.6 Å². The number of thiophene rings is 1. The molecule has 5 rings (SSSR count). The number of amides is 2. The van der Waals surface area contributed by atoms with E-state index in [1.54, 1.807) is 13.2 Å². The van der Waals surface area contributed by atoms with Gasteiger partial charge < -0.3 is 15.8 Å². The lowest BCUT2D eigenvalue weighted by Gasteiger charge is -2.20. The van der Waals surface area contributed by atoms with Gasteiger partial charge >= 0.3 is 0 Å². The van der Waals surface area contributed by atoms with Crippen LogP contribution in [0, 0.1) is 5.92 Å². The number of nitrogens with two attached hydrogens (primary N) is 1. The Labute approximate surface area is 208 Å². The maximum Gasteiger partial charge on any atom is 0.257 e. The third-order valence-electron chi connectivity index (χ3n) is 6.74. The van der Waals surface area contributed by atoms with Crippen LogP contribution in [0.4, 0.5) is 5.00 Å². The zero-order chi connectivity index (χ0) is 24.5. The highest BCUT2D eigenvalue weighted by molar-refractivity contribution is 7.17. The van der Waals surface area contributed by atoms with Crippen molar-refractivity contribution in [2.24, 2.45) is 11.7 Å². The van der Waals surface area contributed by atoms with Gasteiger partial charge in [-0.3, -0.25) is 9.59 Å². The quantitative estimate of drug-likeness (QED) is 0.359. The number of nitrogens with zero attached hydrogens (tertiary/aromatic N) is 1. The van der Waals surface area contributed by atoms with Crippen molar-refractivity contribution in [1.29, 1.82) is 0 Å². The summed E-state index contributed by atoms with van der Waals surface area (Å²) in [6.07, 6.45) is 3.87. The summed E-state index contributed by atoms with van der Waals surface area (Å²) < 4.78 is 5.36. The van der Waals surface area contributed by atoms with Crippen LogP contribution in [0.15, 0.2) is 54.6 Å². The molecule has 3 N–H and O–H groups in total. The SMILES string of the molecule is CCC1CCc2c(sc(NC(=O)c3cc(-c4cccc(OC)c4)nc4ccccc34)c2C(N)=O)C1. The van der Waals surface area contributed by atoms with Crippen LogP contribution in [-0.2, 0) is 12.8 Å². The topological polar surface area (TPSA) is 94.3 Å². The number of pyridine rings is 1. The number of carbonyl (C=O) groups is 2. The molecule has 1 aliphatic carbocycles. The summed E-state index contributed by atoms with van der Waals surface area (Å²) in [7, 11) is 1.62. The van der Waals surface area contributed by atoms with Gasteiger partial charge in [-0.05, 0) is 55.0 Å². The minimum atomic E-state index is -0.496. The second-order valence-electron chi connectivity index (χ2n) is 8.85. The van der Waals surface area contributed by atoms with Crippen LogP contribution in [0.3, 0.4) is 0 Å². The van der Waals surface area contributed by atoms with Gasteiger partial charge in [0.25, 0.3) is 11.8 Å². The molecular formula is C28H27N3O3S. The smallest absolute Gasteiger partial charge is 0.257 e. The molecule has 1 aliphatic rings. The van der Waals surface area contributed by atoms with Gasteiger partial charge in [-0.2, -0.15) is 0 Å². The van der Waals surface area contributed by atoms with Crippen LogP contribution < -0.4 is 15.8 Å². The van der Waals surface area contributed by atoms with Crippen molar-refractivity contribution < 1.29 is 14.3 Å². The van der Waals surface area contributed by atoms with Gasteiger partial charge in [-0.1, -0.05) is 43.7 Å². The Morgan fingerprint density at radius 2 is 2.00 bits per heavy atom. The first-order chi connectivity index (χ1) is 17.0. The van der Waals surface area contributed by atoms with E-state index in [4.69, 9.17) is 15.5 Å². The number of rotatable bonds is 6. The van der Waals surface area contributed by atoms with Gasteiger partial charge in [0.2, 0.25) is 0 Å². The van der Waals surface area contributed by atoms with Crippen molar-refractivity contribution in [3.63, 3.8) is 0 Å². The van der Waals surface area contributed by atoms with Crippen LogP contribution >= 0.6 is 11.3 Å². The van der Waals surface area contributed by atoms with E-state index in [9.17, 15) is 9.59 Å². The van der Waals surface area contributed by atoms with Crippen LogP contribution in [-0.4, -0.2) is 23.9 Å². The van der Waals surface area contributed by atoms with Crippen LogP contribution in [0.2, 0.25) is 0 Å². The Bertz CT molecular complexity index is 1440. The molecule has 0 aliphatic heterocycles. The number of fused-ring (bicyclic) bond motifs is 2. The largest absolute Gasteiger partial charge is 0.497 e. The zero-order valence-electron chi connectivity index (χ0n) is 19.8. The Morgan fingerprint density at radius 3 is 2.77 bits per heavy atom. The van der Waals surface area contributed by atoms with E-state index in [2.05, 4.69) is 12.2 Å². The van der Waals surface area contributed by atoms with Crippen molar-refractivity contribution in [2.75, 3.05) is 12.4 Å². The molecule has 2 aromatic heterocycles. The third kappa shape index (κ3) is 4.39. The lowest BCUT2D eigenvalue weighted by molar-refractivity contribution is 0.1000. The molecule has 2 aromatic carbocycles. The highest BCUT2D eigenvalue weighted by Crippen LogP contribution is 2.40. The minimum Gasteiger partial charge on any atom is -0.497 e. The molecule has 178 valence electrons. The predicted octanol–water partition coefficient (Wildman–Crippen LogP) is 5.84. The maximum atomic E-state index is 13.6. The molecule has 7 heteroatoms. The molecule has 35 heavy (non-hydrogen) atoms. The zero-order valence-corrected chi connectivity index (χ0v) is 20.6. The number of aromatic nitrogens is 1. The fourth-order valence-corrected chi connectivity index (χ4v) is 6.18. The summed E-state index contributed by atoms with van der Waals surface area (Å²) in [6, 6.07) is 16.9. The van der Waals surface area contributed by atoms with Crippen LogP contribution in [0.25, 0.3) is 22.2 Å². The van der Waals surface area contributed by atoms with E-state index < -0.39 is 5.91 Å². The first-order valence-electron chi connectivity index (χ1n) is 11.8. The van der Waals surface area contributed by atoms with E-state index in [0.717, 1.165) is 47.1 Å². The molecule has 0 fully saturated rings. The molecule has 2 amide bonds. The number of nitrogens with one attached hydrogen (secondary N) is 1. The number of benzene rings is 2. The summed E-state index contributed by atoms with van der Waals surface area (Å²) in [5.41, 5.74) is 9.95. The number of methoxy groups -OCH3 is 1.